The average molecular weight is 341 g/mol. The van der Waals surface area contributed by atoms with Crippen molar-refractivity contribution in [1.29, 1.82) is 0 Å². The fourth-order valence-corrected chi connectivity index (χ4v) is 4.42. The van der Waals surface area contributed by atoms with Gasteiger partial charge in [-0.2, -0.15) is 0 Å². The molecular formula is C16H21ClN2S2. The number of nitrogens with one attached hydrogen (secondary N) is 1. The van der Waals surface area contributed by atoms with Crippen LogP contribution in [0, 0.1) is 0 Å². The van der Waals surface area contributed by atoms with Gasteiger partial charge in [0.15, 0.2) is 0 Å². The first kappa shape index (κ1) is 16.8. The molecule has 0 saturated carbocycles. The number of aromatic nitrogens is 1. The molecule has 2 aromatic rings. The molecule has 1 heterocycles. The normalized spacial score (nSPS) is 11.3. The third kappa shape index (κ3) is 4.71. The van der Waals surface area contributed by atoms with Crippen molar-refractivity contribution in [3.63, 3.8) is 0 Å². The van der Waals surface area contributed by atoms with Gasteiger partial charge in [0.05, 0.1) is 16.5 Å². The Hall–Kier alpha value is -0.550. The molecule has 0 bridgehead atoms. The van der Waals surface area contributed by atoms with E-state index in [1.807, 2.05) is 29.5 Å². The highest BCUT2D eigenvalue weighted by atomic mass is 35.5. The van der Waals surface area contributed by atoms with Gasteiger partial charge in [0.2, 0.25) is 0 Å². The van der Waals surface area contributed by atoms with E-state index in [0.717, 1.165) is 28.8 Å². The van der Waals surface area contributed by atoms with Gasteiger partial charge in [-0.15, -0.1) is 23.1 Å². The average Bonchev–Trinajstić information content (AvgIpc) is 2.88. The Labute approximate surface area is 140 Å². The minimum atomic E-state index is 0.467. The SMILES string of the molecule is CCNCc1sc(CSc2ccccc2Cl)nc1C(C)C. The van der Waals surface area contributed by atoms with E-state index in [9.17, 15) is 0 Å². The van der Waals surface area contributed by atoms with Crippen LogP contribution in [0.15, 0.2) is 29.2 Å². The van der Waals surface area contributed by atoms with Crippen molar-refractivity contribution in [2.24, 2.45) is 0 Å². The van der Waals surface area contributed by atoms with Crippen molar-refractivity contribution in [1.82, 2.24) is 10.3 Å². The first-order valence-electron chi connectivity index (χ1n) is 7.18. The minimum Gasteiger partial charge on any atom is -0.312 e. The standard InChI is InChI=1S/C16H21ClN2S2/c1-4-18-9-14-16(11(2)3)19-15(21-14)10-20-13-8-6-5-7-12(13)17/h5-8,11,18H,4,9-10H2,1-3H3. The maximum Gasteiger partial charge on any atom is 0.103 e. The first-order chi connectivity index (χ1) is 10.1. The van der Waals surface area contributed by atoms with Crippen LogP contribution >= 0.6 is 34.7 Å². The summed E-state index contributed by atoms with van der Waals surface area (Å²) >= 11 is 9.77. The van der Waals surface area contributed by atoms with Gasteiger partial charge >= 0.3 is 0 Å². The maximum atomic E-state index is 6.20. The third-order valence-corrected chi connectivity index (χ3v) is 5.82. The third-order valence-electron chi connectivity index (χ3n) is 3.04. The number of thioether (sulfide) groups is 1. The Morgan fingerprint density at radius 1 is 1.33 bits per heavy atom. The van der Waals surface area contributed by atoms with Crippen LogP contribution in [0.1, 0.15) is 42.3 Å². The second-order valence-corrected chi connectivity index (χ2v) is 7.66. The van der Waals surface area contributed by atoms with Gasteiger partial charge in [0.25, 0.3) is 0 Å². The molecular weight excluding hydrogens is 320 g/mol. The number of hydrogen-bond donors (Lipinski definition) is 1. The van der Waals surface area contributed by atoms with Crippen LogP contribution in [0.5, 0.6) is 0 Å². The van der Waals surface area contributed by atoms with Crippen LogP contribution in [0.3, 0.4) is 0 Å². The zero-order valence-electron chi connectivity index (χ0n) is 12.6. The molecule has 0 saturated heterocycles. The molecule has 21 heavy (non-hydrogen) atoms. The summed E-state index contributed by atoms with van der Waals surface area (Å²) < 4.78 is 0. The number of benzene rings is 1. The molecule has 1 aromatic carbocycles. The fourth-order valence-electron chi connectivity index (χ4n) is 1.99. The van der Waals surface area contributed by atoms with Crippen LogP contribution in [0.25, 0.3) is 0 Å². The van der Waals surface area contributed by atoms with Crippen molar-refractivity contribution >= 4 is 34.7 Å². The Morgan fingerprint density at radius 2 is 2.10 bits per heavy atom. The molecule has 0 aliphatic heterocycles. The lowest BCUT2D eigenvalue weighted by molar-refractivity contribution is 0.713. The van der Waals surface area contributed by atoms with Crippen molar-refractivity contribution in [2.75, 3.05) is 6.54 Å². The molecule has 5 heteroatoms. The van der Waals surface area contributed by atoms with Crippen LogP contribution in [-0.4, -0.2) is 11.5 Å². The quantitative estimate of drug-likeness (QED) is 0.690. The Balaban J connectivity index is 2.08. The molecule has 0 unspecified atom stereocenters. The molecule has 1 N–H and O–H groups in total. The smallest absolute Gasteiger partial charge is 0.103 e. The largest absolute Gasteiger partial charge is 0.312 e. The van der Waals surface area contributed by atoms with E-state index in [4.69, 9.17) is 16.6 Å². The highest BCUT2D eigenvalue weighted by molar-refractivity contribution is 7.98. The van der Waals surface area contributed by atoms with E-state index < -0.39 is 0 Å². The summed E-state index contributed by atoms with van der Waals surface area (Å²) in [6, 6.07) is 7.97. The lowest BCUT2D eigenvalue weighted by Crippen LogP contribution is -2.12. The number of rotatable bonds is 7. The molecule has 2 rings (SSSR count). The number of thiazole rings is 1. The number of nitrogens with zero attached hydrogens (tertiary/aromatic N) is 1. The Morgan fingerprint density at radius 3 is 2.76 bits per heavy atom. The zero-order valence-corrected chi connectivity index (χ0v) is 15.0. The second kappa shape index (κ2) is 8.18. The molecule has 0 aliphatic carbocycles. The molecule has 1 aromatic heterocycles. The highest BCUT2D eigenvalue weighted by Crippen LogP contribution is 2.32. The second-order valence-electron chi connectivity index (χ2n) is 5.07. The molecule has 114 valence electrons. The summed E-state index contributed by atoms with van der Waals surface area (Å²) in [4.78, 5) is 7.30. The van der Waals surface area contributed by atoms with Gasteiger partial charge in [0.1, 0.15) is 5.01 Å². The summed E-state index contributed by atoms with van der Waals surface area (Å²) in [6.07, 6.45) is 0. The lowest BCUT2D eigenvalue weighted by atomic mass is 10.1. The highest BCUT2D eigenvalue weighted by Gasteiger charge is 2.14. The zero-order chi connectivity index (χ0) is 15.2. The van der Waals surface area contributed by atoms with Gasteiger partial charge in [-0.05, 0) is 24.6 Å². The Kier molecular flexibility index (Phi) is 6.55. The van der Waals surface area contributed by atoms with Crippen molar-refractivity contribution < 1.29 is 0 Å². The van der Waals surface area contributed by atoms with Crippen molar-refractivity contribution in [3.05, 3.63) is 44.9 Å². The molecule has 0 spiro atoms. The summed E-state index contributed by atoms with van der Waals surface area (Å²) in [5, 5.41) is 5.39. The molecule has 0 amide bonds. The van der Waals surface area contributed by atoms with Gasteiger partial charge in [0, 0.05) is 16.3 Å². The lowest BCUT2D eigenvalue weighted by Gasteiger charge is -2.04. The van der Waals surface area contributed by atoms with E-state index >= 15 is 0 Å². The van der Waals surface area contributed by atoms with E-state index in [2.05, 4.69) is 32.2 Å². The van der Waals surface area contributed by atoms with Crippen molar-refractivity contribution in [2.45, 2.75) is 43.9 Å². The summed E-state index contributed by atoms with van der Waals surface area (Å²) in [6.45, 7) is 8.44. The van der Waals surface area contributed by atoms with E-state index in [1.165, 1.54) is 15.6 Å². The van der Waals surface area contributed by atoms with E-state index in [0.29, 0.717) is 5.92 Å². The van der Waals surface area contributed by atoms with Gasteiger partial charge in [-0.3, -0.25) is 0 Å². The monoisotopic (exact) mass is 340 g/mol. The maximum absolute atomic E-state index is 6.20. The van der Waals surface area contributed by atoms with Crippen LogP contribution in [-0.2, 0) is 12.3 Å². The summed E-state index contributed by atoms with van der Waals surface area (Å²) in [5.74, 6) is 1.34. The van der Waals surface area contributed by atoms with Gasteiger partial charge < -0.3 is 5.32 Å². The predicted molar refractivity (Wildman–Crippen MR) is 94.6 cm³/mol. The molecule has 0 fully saturated rings. The van der Waals surface area contributed by atoms with E-state index in [1.54, 1.807) is 11.8 Å². The fraction of sp³-hybridized carbons (Fsp3) is 0.438. The van der Waals surface area contributed by atoms with Crippen LogP contribution in [0.2, 0.25) is 5.02 Å². The molecule has 2 nitrogen and oxygen atoms in total. The van der Waals surface area contributed by atoms with E-state index in [-0.39, 0.29) is 0 Å². The summed E-state index contributed by atoms with van der Waals surface area (Å²) in [7, 11) is 0. The minimum absolute atomic E-state index is 0.467. The number of hydrogen-bond acceptors (Lipinski definition) is 4. The summed E-state index contributed by atoms with van der Waals surface area (Å²) in [5.41, 5.74) is 1.23. The first-order valence-corrected chi connectivity index (χ1v) is 9.36. The van der Waals surface area contributed by atoms with Crippen molar-refractivity contribution in [3.8, 4) is 0 Å². The molecule has 0 atom stereocenters. The Bertz CT molecular complexity index is 581. The number of halogens is 1. The molecule has 0 aliphatic rings. The van der Waals surface area contributed by atoms with Crippen LogP contribution < -0.4 is 5.32 Å². The van der Waals surface area contributed by atoms with Gasteiger partial charge in [-0.25, -0.2) is 4.98 Å². The predicted octanol–water partition coefficient (Wildman–Crippen LogP) is 5.32. The van der Waals surface area contributed by atoms with Gasteiger partial charge in [-0.1, -0.05) is 44.5 Å². The van der Waals surface area contributed by atoms with Crippen LogP contribution in [0.4, 0.5) is 0 Å². The topological polar surface area (TPSA) is 24.9 Å². The molecule has 0 radical (unpaired) electrons.